The second kappa shape index (κ2) is 5.57. The number of allylic oxidation sites excluding steroid dienone is 2. The highest BCUT2D eigenvalue weighted by atomic mass is 32.1. The van der Waals surface area contributed by atoms with E-state index in [1.807, 2.05) is 12.2 Å². The average molecular weight is 309 g/mol. The van der Waals surface area contributed by atoms with Gasteiger partial charge in [0, 0.05) is 12.7 Å². The predicted octanol–water partition coefficient (Wildman–Crippen LogP) is 1.91. The zero-order chi connectivity index (χ0) is 14.8. The Bertz CT molecular complexity index is 747. The van der Waals surface area contributed by atoms with E-state index in [-0.39, 0.29) is 12.2 Å². The van der Waals surface area contributed by atoms with Crippen molar-refractivity contribution < 1.29 is 19.0 Å². The summed E-state index contributed by atoms with van der Waals surface area (Å²) in [6.07, 6.45) is 6.84. The van der Waals surface area contributed by atoms with Gasteiger partial charge >= 0.3 is 5.97 Å². The standard InChI is InChI=1S/C13H12FN3O3S/c14-3-5-20-11-8(2-1-4-15-11)10-7-17-12(21-10)9(6-16-17)13(18)19/h1-2,6-7,15H,3-5H2,(H,18,19). The first-order chi connectivity index (χ1) is 10.2. The van der Waals surface area contributed by atoms with E-state index in [2.05, 4.69) is 10.4 Å². The van der Waals surface area contributed by atoms with Crippen LogP contribution >= 0.6 is 11.3 Å². The van der Waals surface area contributed by atoms with E-state index in [0.717, 1.165) is 10.5 Å². The molecule has 21 heavy (non-hydrogen) atoms. The zero-order valence-electron chi connectivity index (χ0n) is 10.9. The van der Waals surface area contributed by atoms with E-state index in [0.29, 0.717) is 17.3 Å². The molecule has 0 unspecified atom stereocenters. The van der Waals surface area contributed by atoms with E-state index < -0.39 is 12.6 Å². The van der Waals surface area contributed by atoms with Crippen molar-refractivity contribution in [2.45, 2.75) is 0 Å². The normalized spacial score (nSPS) is 14.5. The van der Waals surface area contributed by atoms with Crippen molar-refractivity contribution in [3.8, 4) is 0 Å². The molecule has 2 aromatic heterocycles. The monoisotopic (exact) mass is 309 g/mol. The molecule has 0 atom stereocenters. The molecule has 0 amide bonds. The first kappa shape index (κ1) is 13.6. The highest BCUT2D eigenvalue weighted by Crippen LogP contribution is 2.30. The highest BCUT2D eigenvalue weighted by molar-refractivity contribution is 7.18. The first-order valence-electron chi connectivity index (χ1n) is 6.25. The summed E-state index contributed by atoms with van der Waals surface area (Å²) in [4.78, 5) is 12.5. The van der Waals surface area contributed by atoms with Crippen LogP contribution in [0.1, 0.15) is 15.2 Å². The van der Waals surface area contributed by atoms with Crippen LogP contribution < -0.4 is 5.32 Å². The summed E-state index contributed by atoms with van der Waals surface area (Å²) in [5, 5.41) is 16.2. The number of nitrogens with zero attached hydrogens (tertiary/aromatic N) is 2. The van der Waals surface area contributed by atoms with Gasteiger partial charge in [-0.25, -0.2) is 13.7 Å². The van der Waals surface area contributed by atoms with E-state index in [4.69, 9.17) is 9.84 Å². The van der Waals surface area contributed by atoms with Crippen molar-refractivity contribution in [3.05, 3.63) is 40.9 Å². The van der Waals surface area contributed by atoms with Gasteiger partial charge < -0.3 is 15.2 Å². The van der Waals surface area contributed by atoms with Crippen molar-refractivity contribution in [3.63, 3.8) is 0 Å². The third kappa shape index (κ3) is 2.49. The Balaban J connectivity index is 2.03. The lowest BCUT2D eigenvalue weighted by Crippen LogP contribution is -2.20. The highest BCUT2D eigenvalue weighted by Gasteiger charge is 2.18. The van der Waals surface area contributed by atoms with Gasteiger partial charge in [0.2, 0.25) is 0 Å². The van der Waals surface area contributed by atoms with Gasteiger partial charge in [-0.2, -0.15) is 5.10 Å². The topological polar surface area (TPSA) is 75.9 Å². The van der Waals surface area contributed by atoms with Crippen LogP contribution in [0.5, 0.6) is 0 Å². The first-order valence-corrected chi connectivity index (χ1v) is 7.06. The summed E-state index contributed by atoms with van der Waals surface area (Å²) in [5.41, 5.74) is 0.923. The molecule has 8 heteroatoms. The van der Waals surface area contributed by atoms with Crippen molar-refractivity contribution in [2.75, 3.05) is 19.8 Å². The van der Waals surface area contributed by atoms with Crippen LogP contribution in [0.25, 0.3) is 10.4 Å². The van der Waals surface area contributed by atoms with Gasteiger partial charge in [-0.1, -0.05) is 12.2 Å². The third-order valence-corrected chi connectivity index (χ3v) is 4.07. The Morgan fingerprint density at radius 3 is 3.24 bits per heavy atom. The number of carboxylic acids is 1. The maximum atomic E-state index is 12.3. The number of hydrogen-bond acceptors (Lipinski definition) is 5. The number of carbonyl (C=O) groups is 1. The van der Waals surface area contributed by atoms with E-state index in [1.54, 1.807) is 6.20 Å². The summed E-state index contributed by atoms with van der Waals surface area (Å²) in [6, 6.07) is 0. The van der Waals surface area contributed by atoms with Gasteiger partial charge in [0.15, 0.2) is 5.88 Å². The molecule has 3 heterocycles. The largest absolute Gasteiger partial charge is 0.478 e. The molecule has 2 aromatic rings. The molecule has 0 saturated carbocycles. The van der Waals surface area contributed by atoms with E-state index in [9.17, 15) is 9.18 Å². The minimum Gasteiger partial charge on any atom is -0.478 e. The second-order valence-electron chi connectivity index (χ2n) is 4.27. The molecular weight excluding hydrogens is 297 g/mol. The molecule has 110 valence electrons. The number of aromatic carboxylic acids is 1. The fraction of sp³-hybridized carbons (Fsp3) is 0.231. The average Bonchev–Trinajstić information content (AvgIpc) is 3.05. The molecule has 0 saturated heterocycles. The number of dihydropyridines is 1. The number of halogens is 1. The molecule has 2 N–H and O–H groups in total. The summed E-state index contributed by atoms with van der Waals surface area (Å²) in [6.45, 7) is 0.00959. The molecule has 0 aromatic carbocycles. The second-order valence-corrected chi connectivity index (χ2v) is 5.30. The number of alkyl halides is 1. The van der Waals surface area contributed by atoms with Crippen LogP contribution in [0, 0.1) is 0 Å². The molecule has 0 bridgehead atoms. The molecule has 6 nitrogen and oxygen atoms in total. The SMILES string of the molecule is O=C(O)c1cnn2cc(C3=C(OCCF)NCC=C3)sc12. The number of nitrogens with one attached hydrogen (secondary N) is 1. The van der Waals surface area contributed by atoms with E-state index in [1.165, 1.54) is 22.0 Å². The Hall–Kier alpha value is -2.35. The van der Waals surface area contributed by atoms with Crippen LogP contribution in [0.2, 0.25) is 0 Å². The van der Waals surface area contributed by atoms with Gasteiger partial charge in [-0.15, -0.1) is 11.3 Å². The number of aromatic nitrogens is 2. The van der Waals surface area contributed by atoms with Gasteiger partial charge in [0.05, 0.1) is 16.6 Å². The van der Waals surface area contributed by atoms with Crippen LogP contribution in [-0.2, 0) is 4.74 Å². The lowest BCUT2D eigenvalue weighted by Gasteiger charge is -2.17. The molecule has 3 rings (SSSR count). The number of carboxylic acid groups (broad SMARTS) is 1. The number of hydrogen-bond donors (Lipinski definition) is 2. The van der Waals surface area contributed by atoms with Crippen molar-refractivity contribution in [1.29, 1.82) is 0 Å². The molecule has 0 spiro atoms. The van der Waals surface area contributed by atoms with Crippen LogP contribution in [0.4, 0.5) is 4.39 Å². The Kier molecular flexibility index (Phi) is 3.61. The summed E-state index contributed by atoms with van der Waals surface area (Å²) in [5.74, 6) is -0.518. The predicted molar refractivity (Wildman–Crippen MR) is 76.0 cm³/mol. The number of thiazole rings is 1. The van der Waals surface area contributed by atoms with Crippen molar-refractivity contribution in [2.24, 2.45) is 0 Å². The lowest BCUT2D eigenvalue weighted by atomic mass is 10.2. The minimum atomic E-state index is -1.02. The number of rotatable bonds is 5. The van der Waals surface area contributed by atoms with Crippen molar-refractivity contribution >= 4 is 27.7 Å². The maximum absolute atomic E-state index is 12.3. The Morgan fingerprint density at radius 2 is 2.48 bits per heavy atom. The summed E-state index contributed by atoms with van der Waals surface area (Å²) < 4.78 is 19.1. The van der Waals surface area contributed by atoms with Gasteiger partial charge in [0.25, 0.3) is 0 Å². The summed E-state index contributed by atoms with van der Waals surface area (Å²) >= 11 is 1.30. The molecular formula is C13H12FN3O3S. The number of ether oxygens (including phenoxy) is 1. The minimum absolute atomic E-state index is 0.0252. The quantitative estimate of drug-likeness (QED) is 0.882. The lowest BCUT2D eigenvalue weighted by molar-refractivity contribution is 0.0699. The summed E-state index contributed by atoms with van der Waals surface area (Å²) in [7, 11) is 0. The molecule has 0 aliphatic carbocycles. The van der Waals surface area contributed by atoms with E-state index >= 15 is 0 Å². The number of fused-ring (bicyclic) bond motifs is 1. The fourth-order valence-corrected chi connectivity index (χ4v) is 3.10. The Labute approximate surface area is 123 Å². The third-order valence-electron chi connectivity index (χ3n) is 2.92. The maximum Gasteiger partial charge on any atom is 0.340 e. The molecule has 0 radical (unpaired) electrons. The van der Waals surface area contributed by atoms with Gasteiger partial charge in [0.1, 0.15) is 23.7 Å². The van der Waals surface area contributed by atoms with Gasteiger partial charge in [-0.05, 0) is 0 Å². The fourth-order valence-electron chi connectivity index (χ4n) is 2.02. The smallest absolute Gasteiger partial charge is 0.340 e. The van der Waals surface area contributed by atoms with Crippen LogP contribution in [0.3, 0.4) is 0 Å². The molecule has 0 fully saturated rings. The molecule has 1 aliphatic heterocycles. The van der Waals surface area contributed by atoms with Gasteiger partial charge in [-0.3, -0.25) is 0 Å². The van der Waals surface area contributed by atoms with Crippen LogP contribution in [0.15, 0.2) is 30.4 Å². The van der Waals surface area contributed by atoms with Crippen molar-refractivity contribution in [1.82, 2.24) is 14.9 Å². The molecule has 1 aliphatic rings. The Morgan fingerprint density at radius 1 is 1.62 bits per heavy atom. The zero-order valence-corrected chi connectivity index (χ0v) is 11.7. The van der Waals surface area contributed by atoms with Crippen LogP contribution in [-0.4, -0.2) is 40.5 Å².